The highest BCUT2D eigenvalue weighted by molar-refractivity contribution is 7.90. The number of halogens is 2. The average Bonchev–Trinajstić information content (AvgIpc) is 2.37. The summed E-state index contributed by atoms with van der Waals surface area (Å²) in [4.78, 5) is -0.929. The molecule has 1 fully saturated rings. The summed E-state index contributed by atoms with van der Waals surface area (Å²) in [6.07, 6.45) is 2.45. The van der Waals surface area contributed by atoms with Gasteiger partial charge in [0.2, 0.25) is 0 Å². The Morgan fingerprint density at radius 2 is 2.10 bits per heavy atom. The predicted molar refractivity (Wildman–Crippen MR) is 70.9 cm³/mol. The molecule has 0 saturated carbocycles. The van der Waals surface area contributed by atoms with E-state index in [0.717, 1.165) is 31.7 Å². The van der Waals surface area contributed by atoms with Gasteiger partial charge in [0, 0.05) is 24.3 Å². The van der Waals surface area contributed by atoms with Gasteiger partial charge in [-0.3, -0.25) is 0 Å². The minimum Gasteiger partial charge on any atom is -0.493 e. The fraction of sp³-hybridized carbons (Fsp3) is 0.538. The van der Waals surface area contributed by atoms with Gasteiger partial charge in [-0.2, -0.15) is 0 Å². The van der Waals surface area contributed by atoms with Gasteiger partial charge in [0.15, 0.2) is 21.4 Å². The van der Waals surface area contributed by atoms with Crippen LogP contribution in [0.5, 0.6) is 5.75 Å². The zero-order valence-electron chi connectivity index (χ0n) is 11.4. The molecule has 1 aromatic carbocycles. The number of rotatable bonds is 3. The first kappa shape index (κ1) is 15.2. The van der Waals surface area contributed by atoms with Crippen LogP contribution >= 0.6 is 0 Å². The Kier molecular flexibility index (Phi) is 4.29. The minimum atomic E-state index is -3.99. The van der Waals surface area contributed by atoms with Crippen LogP contribution in [0.2, 0.25) is 0 Å². The van der Waals surface area contributed by atoms with Crippen LogP contribution in [-0.4, -0.2) is 34.9 Å². The van der Waals surface area contributed by atoms with Crippen molar-refractivity contribution in [3.8, 4) is 5.75 Å². The van der Waals surface area contributed by atoms with Crippen molar-refractivity contribution in [3.63, 3.8) is 0 Å². The van der Waals surface area contributed by atoms with E-state index in [1.165, 1.54) is 7.11 Å². The molecule has 0 spiro atoms. The van der Waals surface area contributed by atoms with Gasteiger partial charge in [0.1, 0.15) is 10.7 Å². The summed E-state index contributed by atoms with van der Waals surface area (Å²) in [7, 11) is -2.74. The second-order valence-corrected chi connectivity index (χ2v) is 6.89. The van der Waals surface area contributed by atoms with Crippen molar-refractivity contribution in [1.82, 2.24) is 5.32 Å². The second-order valence-electron chi connectivity index (χ2n) is 4.94. The second kappa shape index (κ2) is 5.65. The molecule has 7 heteroatoms. The van der Waals surface area contributed by atoms with E-state index in [1.54, 1.807) is 0 Å². The molecule has 4 nitrogen and oxygen atoms in total. The van der Waals surface area contributed by atoms with Crippen LogP contribution in [0.3, 0.4) is 0 Å². The minimum absolute atomic E-state index is 0.0867. The van der Waals surface area contributed by atoms with E-state index in [9.17, 15) is 17.2 Å². The molecular formula is C13H17F2NO3S. The zero-order chi connectivity index (χ0) is 14.9. The number of nitrogens with one attached hydrogen (secondary N) is 1. The van der Waals surface area contributed by atoms with Crippen molar-refractivity contribution < 1.29 is 21.9 Å². The first-order valence-corrected chi connectivity index (χ1v) is 8.22. The molecule has 1 saturated heterocycles. The van der Waals surface area contributed by atoms with Crippen LogP contribution in [0.1, 0.15) is 24.3 Å². The van der Waals surface area contributed by atoms with Gasteiger partial charge in [-0.05, 0) is 25.5 Å². The van der Waals surface area contributed by atoms with Crippen molar-refractivity contribution in [1.29, 1.82) is 0 Å². The Balaban J connectivity index is 2.60. The van der Waals surface area contributed by atoms with Gasteiger partial charge < -0.3 is 10.1 Å². The van der Waals surface area contributed by atoms with Crippen LogP contribution < -0.4 is 10.1 Å². The molecule has 1 N–H and O–H groups in total. The van der Waals surface area contributed by atoms with Gasteiger partial charge in [-0.25, -0.2) is 17.2 Å². The SMILES string of the molecule is COc1c(C2CCCNC2)cc(F)c(S(C)(=O)=O)c1F. The molecule has 0 bridgehead atoms. The molecule has 1 aromatic rings. The number of benzene rings is 1. The van der Waals surface area contributed by atoms with E-state index in [1.807, 2.05) is 0 Å². The highest BCUT2D eigenvalue weighted by atomic mass is 32.2. The number of hydrogen-bond donors (Lipinski definition) is 1. The summed E-state index contributed by atoms with van der Waals surface area (Å²) >= 11 is 0. The highest BCUT2D eigenvalue weighted by Gasteiger charge is 2.29. The Labute approximate surface area is 117 Å². The molecular weight excluding hydrogens is 288 g/mol. The maximum atomic E-state index is 14.3. The lowest BCUT2D eigenvalue weighted by Crippen LogP contribution is -2.29. The van der Waals surface area contributed by atoms with Crippen LogP contribution in [0.25, 0.3) is 0 Å². The standard InChI is InChI=1S/C13H17F2NO3S/c1-19-12-9(8-4-3-5-16-7-8)6-10(14)13(11(12)15)20(2,17)18/h6,8,16H,3-5,7H2,1-2H3. The lowest BCUT2D eigenvalue weighted by molar-refractivity contribution is 0.357. The summed E-state index contributed by atoms with van der Waals surface area (Å²) in [6, 6.07) is 1.08. The predicted octanol–water partition coefficient (Wildman–Crippen LogP) is 1.84. The molecule has 1 heterocycles. The van der Waals surface area contributed by atoms with E-state index in [0.29, 0.717) is 12.1 Å². The molecule has 0 amide bonds. The maximum Gasteiger partial charge on any atom is 0.186 e. The molecule has 1 aliphatic heterocycles. The molecule has 20 heavy (non-hydrogen) atoms. The van der Waals surface area contributed by atoms with E-state index in [4.69, 9.17) is 4.74 Å². The van der Waals surface area contributed by atoms with Crippen LogP contribution in [0, 0.1) is 11.6 Å². The van der Waals surface area contributed by atoms with Crippen molar-refractivity contribution in [2.24, 2.45) is 0 Å². The maximum absolute atomic E-state index is 14.3. The van der Waals surface area contributed by atoms with Crippen molar-refractivity contribution in [2.75, 3.05) is 26.5 Å². The fourth-order valence-electron chi connectivity index (χ4n) is 2.57. The largest absolute Gasteiger partial charge is 0.493 e. The van der Waals surface area contributed by atoms with E-state index < -0.39 is 26.4 Å². The van der Waals surface area contributed by atoms with Crippen molar-refractivity contribution in [2.45, 2.75) is 23.7 Å². The third kappa shape index (κ3) is 2.78. The summed E-state index contributed by atoms with van der Waals surface area (Å²) in [6.45, 7) is 1.46. The monoisotopic (exact) mass is 305 g/mol. The third-order valence-corrected chi connectivity index (χ3v) is 4.59. The van der Waals surface area contributed by atoms with Gasteiger partial charge >= 0.3 is 0 Å². The summed E-state index contributed by atoms with van der Waals surface area (Å²) in [5.41, 5.74) is 0.377. The molecule has 0 aromatic heterocycles. The average molecular weight is 305 g/mol. The van der Waals surface area contributed by atoms with Gasteiger partial charge in [0.05, 0.1) is 7.11 Å². The van der Waals surface area contributed by atoms with Crippen LogP contribution in [0.4, 0.5) is 8.78 Å². The normalized spacial score (nSPS) is 19.9. The molecule has 1 aliphatic rings. The Bertz CT molecular complexity index is 611. The smallest absolute Gasteiger partial charge is 0.186 e. The summed E-state index contributed by atoms with van der Waals surface area (Å²) in [5.74, 6) is -2.47. The number of piperidine rings is 1. The number of hydrogen-bond acceptors (Lipinski definition) is 4. The Morgan fingerprint density at radius 1 is 1.40 bits per heavy atom. The number of methoxy groups -OCH3 is 1. The topological polar surface area (TPSA) is 55.4 Å². The molecule has 1 atom stereocenters. The first-order valence-electron chi connectivity index (χ1n) is 6.33. The van der Waals surface area contributed by atoms with Gasteiger partial charge in [-0.15, -0.1) is 0 Å². The molecule has 1 unspecified atom stereocenters. The first-order chi connectivity index (χ1) is 9.36. The van der Waals surface area contributed by atoms with Crippen molar-refractivity contribution in [3.05, 3.63) is 23.3 Å². The number of sulfone groups is 1. The Hall–Kier alpha value is -1.21. The molecule has 2 rings (SSSR count). The summed E-state index contributed by atoms with van der Waals surface area (Å²) in [5, 5.41) is 3.15. The quantitative estimate of drug-likeness (QED) is 0.926. The van der Waals surface area contributed by atoms with Crippen LogP contribution in [-0.2, 0) is 9.84 Å². The van der Waals surface area contributed by atoms with Crippen LogP contribution in [0.15, 0.2) is 11.0 Å². The van der Waals surface area contributed by atoms with Crippen molar-refractivity contribution >= 4 is 9.84 Å². The lowest BCUT2D eigenvalue weighted by Gasteiger charge is -2.25. The third-order valence-electron chi connectivity index (χ3n) is 3.47. The summed E-state index contributed by atoms with van der Waals surface area (Å²) < 4.78 is 56.2. The van der Waals surface area contributed by atoms with E-state index in [2.05, 4.69) is 5.32 Å². The van der Waals surface area contributed by atoms with Gasteiger partial charge in [-0.1, -0.05) is 0 Å². The molecule has 0 radical (unpaired) electrons. The van der Waals surface area contributed by atoms with Gasteiger partial charge in [0.25, 0.3) is 0 Å². The zero-order valence-corrected chi connectivity index (χ0v) is 12.2. The lowest BCUT2D eigenvalue weighted by atomic mass is 9.90. The van der Waals surface area contributed by atoms with E-state index in [-0.39, 0.29) is 11.7 Å². The Morgan fingerprint density at radius 3 is 2.60 bits per heavy atom. The molecule has 0 aliphatic carbocycles. The molecule has 112 valence electrons. The fourth-order valence-corrected chi connectivity index (χ4v) is 3.40. The number of ether oxygens (including phenoxy) is 1. The highest BCUT2D eigenvalue weighted by Crippen LogP contribution is 2.37. The van der Waals surface area contributed by atoms with E-state index >= 15 is 0 Å².